The number of aryl methyl sites for hydroxylation is 1. The van der Waals surface area contributed by atoms with E-state index in [-0.39, 0.29) is 35.1 Å². The Hall–Kier alpha value is -2.22. The van der Waals surface area contributed by atoms with E-state index in [4.69, 9.17) is 0 Å². The number of carbonyl (C=O) groups is 1. The summed E-state index contributed by atoms with van der Waals surface area (Å²) in [6.07, 6.45) is 6.72. The van der Waals surface area contributed by atoms with E-state index in [1.165, 1.54) is 17.1 Å². The molecule has 0 unspecified atom stereocenters. The largest absolute Gasteiger partial charge is 0.338 e. The topological polar surface area (TPSA) is 85.1 Å². The van der Waals surface area contributed by atoms with E-state index in [0.717, 1.165) is 25.7 Å². The monoisotopic (exact) mass is 402 g/mol. The van der Waals surface area contributed by atoms with E-state index in [2.05, 4.69) is 50.0 Å². The molecule has 1 aliphatic rings. The van der Waals surface area contributed by atoms with Crippen molar-refractivity contribution < 1.29 is 4.79 Å². The van der Waals surface area contributed by atoms with Crippen LogP contribution in [0.15, 0.2) is 17.3 Å². The first-order valence-electron chi connectivity index (χ1n) is 10.5. The Labute approximate surface area is 172 Å². The van der Waals surface area contributed by atoms with Crippen molar-refractivity contribution in [2.45, 2.75) is 84.0 Å². The zero-order chi connectivity index (χ0) is 21.4. The van der Waals surface area contributed by atoms with Gasteiger partial charge in [0.05, 0.1) is 6.20 Å². The molecule has 1 saturated heterocycles. The lowest BCUT2D eigenvalue weighted by molar-refractivity contribution is -0.136. The van der Waals surface area contributed by atoms with Crippen molar-refractivity contribution in [3.8, 4) is 0 Å². The summed E-state index contributed by atoms with van der Waals surface area (Å²) in [7, 11) is 1.75. The van der Waals surface area contributed by atoms with Crippen LogP contribution in [-0.2, 0) is 18.4 Å². The van der Waals surface area contributed by atoms with E-state index in [1.54, 1.807) is 11.7 Å². The number of piperidine rings is 1. The van der Waals surface area contributed by atoms with Gasteiger partial charge in [0.25, 0.3) is 5.56 Å². The number of amides is 1. The third kappa shape index (κ3) is 4.69. The van der Waals surface area contributed by atoms with Crippen LogP contribution in [0.3, 0.4) is 0 Å². The Balaban J connectivity index is 1.86. The summed E-state index contributed by atoms with van der Waals surface area (Å²) in [6.45, 7) is 11.6. The number of rotatable bonds is 6. The SMILES string of the molecule is CCCCN(C(=O)Cn1cnc2c(cnn2C)c1=O)C1CC(C)(C)NC(C)(C)C1. The molecule has 3 heterocycles. The molecule has 1 fully saturated rings. The van der Waals surface area contributed by atoms with Gasteiger partial charge in [-0.1, -0.05) is 13.3 Å². The van der Waals surface area contributed by atoms with E-state index in [0.29, 0.717) is 17.6 Å². The summed E-state index contributed by atoms with van der Waals surface area (Å²) < 4.78 is 2.97. The minimum atomic E-state index is -0.224. The minimum absolute atomic E-state index is 0.00513. The van der Waals surface area contributed by atoms with Crippen LogP contribution in [0.4, 0.5) is 0 Å². The number of carbonyl (C=O) groups excluding carboxylic acids is 1. The molecule has 0 radical (unpaired) electrons. The Morgan fingerprint density at radius 3 is 2.55 bits per heavy atom. The van der Waals surface area contributed by atoms with E-state index < -0.39 is 0 Å². The standard InChI is InChI=1S/C21H34N6O2/c1-7-8-9-27(15-10-20(2,3)24-21(4,5)11-15)17(28)13-26-14-22-18-16(19(26)29)12-23-25(18)6/h12,14-15,24H,7-11,13H2,1-6H3. The molecule has 160 valence electrons. The van der Waals surface area contributed by atoms with Crippen molar-refractivity contribution in [3.05, 3.63) is 22.9 Å². The smallest absolute Gasteiger partial charge is 0.264 e. The molecule has 0 atom stereocenters. The molecular weight excluding hydrogens is 368 g/mol. The number of nitrogens with one attached hydrogen (secondary N) is 1. The number of nitrogens with zero attached hydrogens (tertiary/aromatic N) is 5. The molecule has 1 N–H and O–H groups in total. The van der Waals surface area contributed by atoms with Crippen molar-refractivity contribution in [2.24, 2.45) is 7.05 Å². The second-order valence-corrected chi connectivity index (χ2v) is 9.58. The molecule has 0 aromatic carbocycles. The highest BCUT2D eigenvalue weighted by atomic mass is 16.2. The predicted octanol–water partition coefficient (Wildman–Crippen LogP) is 2.07. The molecule has 1 amide bonds. The Morgan fingerprint density at radius 1 is 1.28 bits per heavy atom. The molecule has 8 nitrogen and oxygen atoms in total. The van der Waals surface area contributed by atoms with Gasteiger partial charge in [-0.15, -0.1) is 0 Å². The van der Waals surface area contributed by atoms with E-state index in [9.17, 15) is 9.59 Å². The third-order valence-corrected chi connectivity index (χ3v) is 5.71. The van der Waals surface area contributed by atoms with Crippen LogP contribution in [0, 0.1) is 0 Å². The molecule has 0 spiro atoms. The number of hydrogen-bond donors (Lipinski definition) is 1. The van der Waals surface area contributed by atoms with Gasteiger partial charge in [-0.3, -0.25) is 18.8 Å². The van der Waals surface area contributed by atoms with E-state index >= 15 is 0 Å². The van der Waals surface area contributed by atoms with Gasteiger partial charge >= 0.3 is 0 Å². The first-order chi connectivity index (χ1) is 13.5. The first-order valence-corrected chi connectivity index (χ1v) is 10.5. The number of hydrogen-bond acceptors (Lipinski definition) is 5. The highest BCUT2D eigenvalue weighted by molar-refractivity contribution is 5.77. The lowest BCUT2D eigenvalue weighted by atomic mass is 9.79. The van der Waals surface area contributed by atoms with Crippen LogP contribution >= 0.6 is 0 Å². The quantitative estimate of drug-likeness (QED) is 0.800. The number of unbranched alkanes of at least 4 members (excludes halogenated alkanes) is 1. The molecular formula is C21H34N6O2. The van der Waals surface area contributed by atoms with Gasteiger partial charge in [0.2, 0.25) is 5.91 Å². The first kappa shape index (κ1) is 21.5. The second kappa shape index (κ2) is 7.89. The van der Waals surface area contributed by atoms with Gasteiger partial charge in [0.1, 0.15) is 18.3 Å². The van der Waals surface area contributed by atoms with Crippen molar-refractivity contribution in [2.75, 3.05) is 6.54 Å². The fraction of sp³-hybridized carbons (Fsp3) is 0.714. The Bertz CT molecular complexity index is 926. The molecule has 0 bridgehead atoms. The molecule has 2 aromatic rings. The van der Waals surface area contributed by atoms with Gasteiger partial charge in [-0.2, -0.15) is 5.10 Å². The van der Waals surface area contributed by atoms with Gasteiger partial charge in [-0.25, -0.2) is 4.98 Å². The zero-order valence-electron chi connectivity index (χ0n) is 18.5. The van der Waals surface area contributed by atoms with Crippen LogP contribution in [0.5, 0.6) is 0 Å². The lowest BCUT2D eigenvalue weighted by Crippen LogP contribution is -2.63. The average Bonchev–Trinajstić information content (AvgIpc) is 2.97. The number of fused-ring (bicyclic) bond motifs is 1. The van der Waals surface area contributed by atoms with Crippen LogP contribution < -0.4 is 10.9 Å². The summed E-state index contributed by atoms with van der Waals surface area (Å²) in [4.78, 5) is 32.4. The normalized spacial score (nSPS) is 18.8. The molecule has 3 rings (SSSR count). The minimum Gasteiger partial charge on any atom is -0.338 e. The maximum Gasteiger partial charge on any atom is 0.264 e. The fourth-order valence-electron chi connectivity index (χ4n) is 4.74. The number of aromatic nitrogens is 4. The maximum atomic E-state index is 13.3. The summed E-state index contributed by atoms with van der Waals surface area (Å²) in [5.74, 6) is -0.0240. The van der Waals surface area contributed by atoms with Crippen LogP contribution in [-0.4, -0.2) is 53.8 Å². The van der Waals surface area contributed by atoms with Crippen LogP contribution in [0.25, 0.3) is 11.0 Å². The van der Waals surface area contributed by atoms with E-state index in [1.807, 2.05) is 4.90 Å². The van der Waals surface area contributed by atoms with Crippen molar-refractivity contribution in [3.63, 3.8) is 0 Å². The summed E-state index contributed by atoms with van der Waals surface area (Å²) in [6, 6.07) is 0.145. The van der Waals surface area contributed by atoms with Crippen molar-refractivity contribution in [1.29, 1.82) is 0 Å². The van der Waals surface area contributed by atoms with Gasteiger partial charge in [0.15, 0.2) is 5.65 Å². The van der Waals surface area contributed by atoms with Crippen LogP contribution in [0.1, 0.15) is 60.3 Å². The highest BCUT2D eigenvalue weighted by Crippen LogP contribution is 2.32. The molecule has 8 heteroatoms. The Kier molecular flexibility index (Phi) is 5.85. The molecule has 1 aliphatic heterocycles. The highest BCUT2D eigenvalue weighted by Gasteiger charge is 2.41. The Morgan fingerprint density at radius 2 is 1.93 bits per heavy atom. The van der Waals surface area contributed by atoms with Crippen molar-refractivity contribution in [1.82, 2.24) is 29.5 Å². The second-order valence-electron chi connectivity index (χ2n) is 9.58. The van der Waals surface area contributed by atoms with Gasteiger partial charge < -0.3 is 10.2 Å². The van der Waals surface area contributed by atoms with Gasteiger partial charge in [-0.05, 0) is 47.0 Å². The fourth-order valence-corrected chi connectivity index (χ4v) is 4.74. The molecule has 2 aromatic heterocycles. The maximum absolute atomic E-state index is 13.3. The average molecular weight is 403 g/mol. The summed E-state index contributed by atoms with van der Waals surface area (Å²) >= 11 is 0. The lowest BCUT2D eigenvalue weighted by Gasteiger charge is -2.49. The summed E-state index contributed by atoms with van der Waals surface area (Å²) in [5, 5.41) is 8.21. The van der Waals surface area contributed by atoms with Gasteiger partial charge in [0, 0.05) is 30.7 Å². The molecule has 0 saturated carbocycles. The predicted molar refractivity (Wildman–Crippen MR) is 114 cm³/mol. The zero-order valence-corrected chi connectivity index (χ0v) is 18.5. The van der Waals surface area contributed by atoms with Crippen molar-refractivity contribution >= 4 is 16.9 Å². The molecule has 0 aliphatic carbocycles. The molecule has 29 heavy (non-hydrogen) atoms. The summed E-state index contributed by atoms with van der Waals surface area (Å²) in [5.41, 5.74) is 0.204. The van der Waals surface area contributed by atoms with Crippen LogP contribution in [0.2, 0.25) is 0 Å². The third-order valence-electron chi connectivity index (χ3n) is 5.71.